The maximum Gasteiger partial charge on any atom is 0.243 e. The van der Waals surface area contributed by atoms with E-state index in [9.17, 15) is 4.79 Å². The molecule has 0 amide bonds. The number of nitrogens with zero attached hydrogens (tertiary/aromatic N) is 4. The SMILES string of the molecule is COc1nccnc1C(=O)c1cncn1C. The number of carbonyl (C=O) groups is 1. The van der Waals surface area contributed by atoms with E-state index in [2.05, 4.69) is 15.0 Å². The number of hydrogen-bond donors (Lipinski definition) is 0. The number of methoxy groups -OCH3 is 1. The van der Waals surface area contributed by atoms with Gasteiger partial charge in [0.15, 0.2) is 5.69 Å². The largest absolute Gasteiger partial charge is 0.479 e. The predicted molar refractivity (Wildman–Crippen MR) is 55.2 cm³/mol. The Labute approximate surface area is 91.9 Å². The van der Waals surface area contributed by atoms with Gasteiger partial charge >= 0.3 is 0 Å². The lowest BCUT2D eigenvalue weighted by Crippen LogP contribution is -2.11. The molecule has 82 valence electrons. The molecule has 0 unspecified atom stereocenters. The number of carbonyl (C=O) groups excluding carboxylic acids is 1. The summed E-state index contributed by atoms with van der Waals surface area (Å²) in [6, 6.07) is 0. The second kappa shape index (κ2) is 4.09. The molecule has 2 rings (SSSR count). The lowest BCUT2D eigenvalue weighted by molar-refractivity contribution is 0.102. The molecule has 0 saturated heterocycles. The van der Waals surface area contributed by atoms with Crippen LogP contribution in [0, 0.1) is 0 Å². The minimum absolute atomic E-state index is 0.189. The van der Waals surface area contributed by atoms with E-state index in [1.54, 1.807) is 17.9 Å². The summed E-state index contributed by atoms with van der Waals surface area (Å²) < 4.78 is 6.60. The number of ether oxygens (including phenoxy) is 1. The molecule has 6 heteroatoms. The average molecular weight is 218 g/mol. The lowest BCUT2D eigenvalue weighted by Gasteiger charge is -2.04. The number of aromatic nitrogens is 4. The van der Waals surface area contributed by atoms with Crippen LogP contribution in [0.5, 0.6) is 5.88 Å². The van der Waals surface area contributed by atoms with Crippen molar-refractivity contribution >= 4 is 5.78 Å². The van der Waals surface area contributed by atoms with Gasteiger partial charge in [-0.25, -0.2) is 15.0 Å². The van der Waals surface area contributed by atoms with Crippen molar-refractivity contribution in [3.8, 4) is 5.88 Å². The smallest absolute Gasteiger partial charge is 0.243 e. The third-order valence-electron chi connectivity index (χ3n) is 2.12. The van der Waals surface area contributed by atoms with Crippen LogP contribution in [0.4, 0.5) is 0 Å². The summed E-state index contributed by atoms with van der Waals surface area (Å²) in [6.45, 7) is 0. The second-order valence-corrected chi connectivity index (χ2v) is 3.13. The molecule has 0 spiro atoms. The fourth-order valence-electron chi connectivity index (χ4n) is 1.33. The van der Waals surface area contributed by atoms with Gasteiger partial charge in [-0.1, -0.05) is 0 Å². The minimum Gasteiger partial charge on any atom is -0.479 e. The fourth-order valence-corrected chi connectivity index (χ4v) is 1.33. The van der Waals surface area contributed by atoms with Crippen LogP contribution >= 0.6 is 0 Å². The molecule has 0 aliphatic carbocycles. The molecule has 0 aliphatic rings. The third-order valence-corrected chi connectivity index (χ3v) is 2.12. The first-order chi connectivity index (χ1) is 7.74. The van der Waals surface area contributed by atoms with Gasteiger partial charge in [0.05, 0.1) is 19.6 Å². The van der Waals surface area contributed by atoms with Crippen molar-refractivity contribution in [1.82, 2.24) is 19.5 Å². The summed E-state index contributed by atoms with van der Waals surface area (Å²) in [6.07, 6.45) is 5.96. The van der Waals surface area contributed by atoms with Crippen molar-refractivity contribution in [2.24, 2.45) is 7.05 Å². The van der Waals surface area contributed by atoms with Crippen molar-refractivity contribution in [1.29, 1.82) is 0 Å². The quantitative estimate of drug-likeness (QED) is 0.699. The molecular formula is C10H10N4O2. The molecule has 0 bridgehead atoms. The van der Waals surface area contributed by atoms with Gasteiger partial charge in [0.25, 0.3) is 0 Å². The summed E-state index contributed by atoms with van der Waals surface area (Å²) in [5.41, 5.74) is 0.632. The summed E-state index contributed by atoms with van der Waals surface area (Å²) in [5, 5.41) is 0. The molecule has 2 aromatic heterocycles. The molecule has 2 heterocycles. The normalized spacial score (nSPS) is 10.1. The van der Waals surface area contributed by atoms with Crippen molar-refractivity contribution < 1.29 is 9.53 Å². The van der Waals surface area contributed by atoms with Gasteiger partial charge in [0.2, 0.25) is 11.7 Å². The molecule has 6 nitrogen and oxygen atoms in total. The van der Waals surface area contributed by atoms with Crippen molar-refractivity contribution in [2.75, 3.05) is 7.11 Å². The van der Waals surface area contributed by atoms with Crippen LogP contribution in [0.2, 0.25) is 0 Å². The zero-order valence-electron chi connectivity index (χ0n) is 8.91. The highest BCUT2D eigenvalue weighted by molar-refractivity contribution is 6.07. The van der Waals surface area contributed by atoms with Gasteiger partial charge in [-0.2, -0.15) is 0 Å². The van der Waals surface area contributed by atoms with Crippen LogP contribution in [0.15, 0.2) is 24.9 Å². The highest BCUT2D eigenvalue weighted by Crippen LogP contribution is 2.15. The highest BCUT2D eigenvalue weighted by atomic mass is 16.5. The van der Waals surface area contributed by atoms with Crippen LogP contribution in [-0.4, -0.2) is 32.4 Å². The van der Waals surface area contributed by atoms with E-state index < -0.39 is 0 Å². The van der Waals surface area contributed by atoms with Crippen LogP contribution in [-0.2, 0) is 7.05 Å². The Morgan fingerprint density at radius 1 is 1.38 bits per heavy atom. The first kappa shape index (κ1) is 10.3. The molecule has 0 radical (unpaired) electrons. The topological polar surface area (TPSA) is 69.9 Å². The van der Waals surface area contributed by atoms with Crippen molar-refractivity contribution in [2.45, 2.75) is 0 Å². The standard InChI is InChI=1S/C10H10N4O2/c1-14-6-11-5-7(14)9(15)8-10(16-2)13-4-3-12-8/h3-6H,1-2H3. The Hall–Kier alpha value is -2.24. The zero-order chi connectivity index (χ0) is 11.5. The van der Waals surface area contributed by atoms with Crippen LogP contribution in [0.1, 0.15) is 16.2 Å². The summed E-state index contributed by atoms with van der Waals surface area (Å²) in [4.78, 5) is 23.8. The Bertz CT molecular complexity index is 521. The monoisotopic (exact) mass is 218 g/mol. The molecule has 0 fully saturated rings. The Morgan fingerprint density at radius 3 is 2.75 bits per heavy atom. The fraction of sp³-hybridized carbons (Fsp3) is 0.200. The van der Waals surface area contributed by atoms with E-state index in [0.717, 1.165) is 0 Å². The number of imidazole rings is 1. The zero-order valence-corrected chi connectivity index (χ0v) is 8.91. The minimum atomic E-state index is -0.259. The predicted octanol–water partition coefficient (Wildman–Crippen LogP) is 0.450. The van der Waals surface area contributed by atoms with Gasteiger partial charge in [0.1, 0.15) is 5.69 Å². The second-order valence-electron chi connectivity index (χ2n) is 3.13. The Kier molecular flexibility index (Phi) is 2.63. The molecule has 16 heavy (non-hydrogen) atoms. The molecule has 0 N–H and O–H groups in total. The number of aryl methyl sites for hydroxylation is 1. The number of ketones is 1. The highest BCUT2D eigenvalue weighted by Gasteiger charge is 2.19. The van der Waals surface area contributed by atoms with Gasteiger partial charge in [-0.15, -0.1) is 0 Å². The maximum atomic E-state index is 12.1. The summed E-state index contributed by atoms with van der Waals surface area (Å²) in [5.74, 6) is -0.0429. The van der Waals surface area contributed by atoms with E-state index >= 15 is 0 Å². The van der Waals surface area contributed by atoms with Gasteiger partial charge < -0.3 is 9.30 Å². The van der Waals surface area contributed by atoms with E-state index in [-0.39, 0.29) is 17.4 Å². The molecule has 0 aromatic carbocycles. The molecule has 0 saturated carbocycles. The Balaban J connectivity index is 2.46. The van der Waals surface area contributed by atoms with Gasteiger partial charge in [-0.3, -0.25) is 4.79 Å². The first-order valence-electron chi connectivity index (χ1n) is 4.60. The van der Waals surface area contributed by atoms with Gasteiger partial charge in [-0.05, 0) is 0 Å². The number of hydrogen-bond acceptors (Lipinski definition) is 5. The van der Waals surface area contributed by atoms with E-state index in [1.807, 2.05) is 0 Å². The Morgan fingerprint density at radius 2 is 2.12 bits per heavy atom. The van der Waals surface area contributed by atoms with Crippen LogP contribution in [0.25, 0.3) is 0 Å². The summed E-state index contributed by atoms with van der Waals surface area (Å²) >= 11 is 0. The van der Waals surface area contributed by atoms with Gasteiger partial charge in [0, 0.05) is 19.4 Å². The third kappa shape index (κ3) is 1.65. The average Bonchev–Trinajstić information content (AvgIpc) is 2.74. The molecule has 2 aromatic rings. The number of rotatable bonds is 3. The maximum absolute atomic E-state index is 12.1. The van der Waals surface area contributed by atoms with E-state index in [0.29, 0.717) is 5.69 Å². The lowest BCUT2D eigenvalue weighted by atomic mass is 10.2. The van der Waals surface area contributed by atoms with Crippen molar-refractivity contribution in [3.63, 3.8) is 0 Å². The first-order valence-corrected chi connectivity index (χ1v) is 4.60. The summed E-state index contributed by atoms with van der Waals surface area (Å²) in [7, 11) is 3.19. The molecule has 0 aliphatic heterocycles. The van der Waals surface area contributed by atoms with Crippen LogP contribution in [0.3, 0.4) is 0 Å². The molecule has 0 atom stereocenters. The van der Waals surface area contributed by atoms with Crippen molar-refractivity contribution in [3.05, 3.63) is 36.3 Å². The van der Waals surface area contributed by atoms with E-state index in [1.165, 1.54) is 25.7 Å². The van der Waals surface area contributed by atoms with Crippen LogP contribution < -0.4 is 4.74 Å². The van der Waals surface area contributed by atoms with E-state index in [4.69, 9.17) is 4.74 Å². The molecular weight excluding hydrogens is 208 g/mol.